The Bertz CT molecular complexity index is 533. The van der Waals surface area contributed by atoms with Crippen LogP contribution in [-0.2, 0) is 11.3 Å². The summed E-state index contributed by atoms with van der Waals surface area (Å²) in [6.07, 6.45) is 7.09. The van der Waals surface area contributed by atoms with Gasteiger partial charge in [-0.15, -0.1) is 0 Å². The molecule has 1 N–H and O–H groups in total. The Kier molecular flexibility index (Phi) is 7.19. The summed E-state index contributed by atoms with van der Waals surface area (Å²) in [4.78, 5) is 16.2. The third-order valence-corrected chi connectivity index (χ3v) is 5.57. The van der Waals surface area contributed by atoms with E-state index in [4.69, 9.17) is 4.74 Å². The van der Waals surface area contributed by atoms with E-state index in [9.17, 15) is 5.11 Å². The molecule has 146 valence electrons. The number of ether oxygens (including phenoxy) is 1. The fourth-order valence-electron chi connectivity index (χ4n) is 4.17. The molecule has 2 aliphatic heterocycles. The van der Waals surface area contributed by atoms with Crippen LogP contribution in [0.25, 0.3) is 0 Å². The molecule has 7 heteroatoms. The first-order valence-corrected chi connectivity index (χ1v) is 9.80. The lowest BCUT2D eigenvalue weighted by atomic mass is 9.87. The maximum absolute atomic E-state index is 9.20. The normalized spacial score (nSPS) is 25.0. The molecule has 2 fully saturated rings. The Morgan fingerprint density at radius 1 is 1.19 bits per heavy atom. The largest absolute Gasteiger partial charge is 0.396 e. The maximum Gasteiger partial charge on any atom is 0.225 e. The average Bonchev–Trinajstić information content (AvgIpc) is 2.67. The molecular formula is C19H33N5O2. The van der Waals surface area contributed by atoms with Crippen LogP contribution >= 0.6 is 0 Å². The van der Waals surface area contributed by atoms with E-state index in [2.05, 4.69) is 38.8 Å². The zero-order chi connectivity index (χ0) is 18.4. The van der Waals surface area contributed by atoms with Gasteiger partial charge >= 0.3 is 0 Å². The van der Waals surface area contributed by atoms with Crippen molar-refractivity contribution in [1.29, 1.82) is 0 Å². The molecule has 7 nitrogen and oxygen atoms in total. The zero-order valence-corrected chi connectivity index (χ0v) is 16.2. The predicted octanol–water partition coefficient (Wildman–Crippen LogP) is 0.838. The van der Waals surface area contributed by atoms with Crippen molar-refractivity contribution < 1.29 is 9.84 Å². The minimum atomic E-state index is 0.285. The Morgan fingerprint density at radius 2 is 1.92 bits per heavy atom. The molecule has 2 saturated heterocycles. The Balaban J connectivity index is 1.56. The molecular weight excluding hydrogens is 330 g/mol. The van der Waals surface area contributed by atoms with E-state index in [1.807, 2.05) is 12.4 Å². The highest BCUT2D eigenvalue weighted by atomic mass is 16.5. The molecule has 0 aromatic carbocycles. The van der Waals surface area contributed by atoms with E-state index < -0.39 is 0 Å². The summed E-state index contributed by atoms with van der Waals surface area (Å²) in [7, 11) is 4.34. The summed E-state index contributed by atoms with van der Waals surface area (Å²) in [6, 6.07) is 0.609. The minimum Gasteiger partial charge on any atom is -0.396 e. The first kappa shape index (κ1) is 19.5. The van der Waals surface area contributed by atoms with E-state index in [1.54, 1.807) is 0 Å². The number of piperidine rings is 1. The minimum absolute atomic E-state index is 0.285. The van der Waals surface area contributed by atoms with Gasteiger partial charge in [-0.05, 0) is 45.8 Å². The van der Waals surface area contributed by atoms with Crippen LogP contribution in [0.15, 0.2) is 12.4 Å². The van der Waals surface area contributed by atoms with Gasteiger partial charge in [0, 0.05) is 56.8 Å². The molecule has 0 aliphatic carbocycles. The topological polar surface area (TPSA) is 65.0 Å². The van der Waals surface area contributed by atoms with E-state index in [-0.39, 0.29) is 6.61 Å². The van der Waals surface area contributed by atoms with Gasteiger partial charge in [-0.1, -0.05) is 0 Å². The summed E-state index contributed by atoms with van der Waals surface area (Å²) in [5.41, 5.74) is 1.17. The third-order valence-electron chi connectivity index (χ3n) is 5.57. The van der Waals surface area contributed by atoms with Crippen LogP contribution in [0.3, 0.4) is 0 Å². The quantitative estimate of drug-likeness (QED) is 0.770. The molecule has 0 radical (unpaired) electrons. The fraction of sp³-hybridized carbons (Fsp3) is 0.789. The van der Waals surface area contributed by atoms with Crippen LogP contribution in [0.4, 0.5) is 5.95 Å². The number of hydrogen-bond donors (Lipinski definition) is 1. The van der Waals surface area contributed by atoms with Crippen molar-refractivity contribution >= 4 is 5.95 Å². The number of morpholine rings is 1. The van der Waals surface area contributed by atoms with Gasteiger partial charge in [0.15, 0.2) is 0 Å². The standard InChI is InChI=1S/C19H33N5O2/c1-22(2)18-5-6-23(15-17(18)4-3-9-25)14-16-12-20-19(21-13-16)24-7-10-26-11-8-24/h12-13,17-18,25H,3-11,14-15H2,1-2H3/t17-,18+/m0/s1. The van der Waals surface area contributed by atoms with Gasteiger partial charge in [0.25, 0.3) is 0 Å². The second-order valence-corrected chi connectivity index (χ2v) is 7.67. The van der Waals surface area contributed by atoms with E-state index in [0.29, 0.717) is 12.0 Å². The number of aliphatic hydroxyl groups is 1. The molecule has 3 rings (SSSR count). The lowest BCUT2D eigenvalue weighted by Gasteiger charge is -2.41. The number of nitrogens with zero attached hydrogens (tertiary/aromatic N) is 5. The highest BCUT2D eigenvalue weighted by Crippen LogP contribution is 2.26. The van der Waals surface area contributed by atoms with Crippen molar-refractivity contribution in [2.45, 2.75) is 31.8 Å². The van der Waals surface area contributed by atoms with Gasteiger partial charge in [-0.2, -0.15) is 0 Å². The molecule has 0 spiro atoms. The van der Waals surface area contributed by atoms with Crippen LogP contribution in [0, 0.1) is 5.92 Å². The van der Waals surface area contributed by atoms with Gasteiger partial charge in [0.1, 0.15) is 0 Å². The molecule has 0 bridgehead atoms. The molecule has 1 aromatic heterocycles. The first-order valence-electron chi connectivity index (χ1n) is 9.80. The molecule has 0 unspecified atom stereocenters. The van der Waals surface area contributed by atoms with Crippen molar-refractivity contribution in [2.75, 3.05) is 65.0 Å². The van der Waals surface area contributed by atoms with Crippen molar-refractivity contribution in [3.05, 3.63) is 18.0 Å². The highest BCUT2D eigenvalue weighted by molar-refractivity contribution is 5.30. The van der Waals surface area contributed by atoms with Gasteiger partial charge in [0.2, 0.25) is 5.95 Å². The first-order chi connectivity index (χ1) is 12.7. The lowest BCUT2D eigenvalue weighted by Crippen LogP contribution is -2.48. The smallest absolute Gasteiger partial charge is 0.225 e. The number of aliphatic hydroxyl groups excluding tert-OH is 1. The molecule has 26 heavy (non-hydrogen) atoms. The SMILES string of the molecule is CN(C)[C@@H]1CCN(Cc2cnc(N3CCOCC3)nc2)C[C@@H]1CCCO. The summed E-state index contributed by atoms with van der Waals surface area (Å²) >= 11 is 0. The van der Waals surface area contributed by atoms with E-state index >= 15 is 0 Å². The summed E-state index contributed by atoms with van der Waals surface area (Å²) in [5.74, 6) is 1.42. The summed E-state index contributed by atoms with van der Waals surface area (Å²) in [6.45, 7) is 6.60. The maximum atomic E-state index is 9.20. The van der Waals surface area contributed by atoms with Crippen LogP contribution < -0.4 is 4.90 Å². The lowest BCUT2D eigenvalue weighted by molar-refractivity contribution is 0.0716. The van der Waals surface area contributed by atoms with Crippen LogP contribution in [0.5, 0.6) is 0 Å². The average molecular weight is 364 g/mol. The number of anilines is 1. The molecule has 3 heterocycles. The monoisotopic (exact) mass is 363 g/mol. The van der Waals surface area contributed by atoms with Crippen molar-refractivity contribution in [3.63, 3.8) is 0 Å². The predicted molar refractivity (Wildman–Crippen MR) is 102 cm³/mol. The third kappa shape index (κ3) is 5.13. The number of likely N-dealkylation sites (tertiary alicyclic amines) is 1. The number of rotatable bonds is 7. The molecule has 2 atom stereocenters. The fourth-order valence-corrected chi connectivity index (χ4v) is 4.17. The second-order valence-electron chi connectivity index (χ2n) is 7.67. The Morgan fingerprint density at radius 3 is 2.58 bits per heavy atom. The Labute approximate surface area is 157 Å². The number of aromatic nitrogens is 2. The molecule has 0 amide bonds. The van der Waals surface area contributed by atoms with Crippen LogP contribution in [0.1, 0.15) is 24.8 Å². The Hall–Kier alpha value is -1.28. The molecule has 0 saturated carbocycles. The van der Waals surface area contributed by atoms with E-state index in [1.165, 1.54) is 12.0 Å². The summed E-state index contributed by atoms with van der Waals surface area (Å²) in [5, 5.41) is 9.20. The van der Waals surface area contributed by atoms with Gasteiger partial charge in [-0.3, -0.25) is 4.90 Å². The molecule has 2 aliphatic rings. The van der Waals surface area contributed by atoms with Gasteiger partial charge in [-0.25, -0.2) is 9.97 Å². The number of hydrogen-bond acceptors (Lipinski definition) is 7. The van der Waals surface area contributed by atoms with Crippen LogP contribution in [-0.4, -0.2) is 91.0 Å². The summed E-state index contributed by atoms with van der Waals surface area (Å²) < 4.78 is 5.39. The van der Waals surface area contributed by atoms with Crippen molar-refractivity contribution in [1.82, 2.24) is 19.8 Å². The second kappa shape index (κ2) is 9.60. The highest BCUT2D eigenvalue weighted by Gasteiger charge is 2.30. The van der Waals surface area contributed by atoms with Gasteiger partial charge < -0.3 is 19.6 Å². The molecule has 1 aromatic rings. The van der Waals surface area contributed by atoms with E-state index in [0.717, 1.165) is 64.7 Å². The zero-order valence-electron chi connectivity index (χ0n) is 16.2. The van der Waals surface area contributed by atoms with Crippen LogP contribution in [0.2, 0.25) is 0 Å². The van der Waals surface area contributed by atoms with Crippen molar-refractivity contribution in [2.24, 2.45) is 5.92 Å². The van der Waals surface area contributed by atoms with Gasteiger partial charge in [0.05, 0.1) is 13.2 Å². The van der Waals surface area contributed by atoms with Crippen molar-refractivity contribution in [3.8, 4) is 0 Å².